The average molecular weight is 265 g/mol. The van der Waals surface area contributed by atoms with Crippen molar-refractivity contribution in [2.24, 2.45) is 0 Å². The molecule has 0 saturated carbocycles. The van der Waals surface area contributed by atoms with Crippen LogP contribution in [0.25, 0.3) is 10.1 Å². The number of aliphatic hydroxyl groups excluding tert-OH is 1. The van der Waals surface area contributed by atoms with Gasteiger partial charge in [-0.05, 0) is 12.1 Å². The molecule has 0 amide bonds. The van der Waals surface area contributed by atoms with Crippen molar-refractivity contribution in [2.75, 3.05) is 13.2 Å². The quantitative estimate of drug-likeness (QED) is 0.843. The molecule has 2 N–H and O–H groups in total. The molecule has 98 valence electrons. The van der Waals surface area contributed by atoms with E-state index in [4.69, 9.17) is 4.74 Å². The van der Waals surface area contributed by atoms with E-state index < -0.39 is 6.10 Å². The van der Waals surface area contributed by atoms with E-state index in [1.165, 1.54) is 4.70 Å². The minimum Gasteiger partial charge on any atom is -0.489 e. The van der Waals surface area contributed by atoms with Gasteiger partial charge in [-0.3, -0.25) is 0 Å². The van der Waals surface area contributed by atoms with E-state index in [0.29, 0.717) is 19.2 Å². The summed E-state index contributed by atoms with van der Waals surface area (Å²) in [5.74, 6) is 0.860. The van der Waals surface area contributed by atoms with Gasteiger partial charge in [0.1, 0.15) is 18.5 Å². The van der Waals surface area contributed by atoms with Crippen molar-refractivity contribution in [1.29, 1.82) is 0 Å². The molecule has 4 heteroatoms. The summed E-state index contributed by atoms with van der Waals surface area (Å²) in [6.45, 7) is 4.99. The van der Waals surface area contributed by atoms with Crippen LogP contribution < -0.4 is 10.1 Å². The molecular weight excluding hydrogens is 246 g/mol. The van der Waals surface area contributed by atoms with Crippen LogP contribution in [0.2, 0.25) is 0 Å². The number of aliphatic hydroxyl groups is 1. The Morgan fingerprint density at radius 3 is 2.89 bits per heavy atom. The molecule has 2 rings (SSSR count). The molecule has 0 saturated heterocycles. The van der Waals surface area contributed by atoms with Crippen molar-refractivity contribution < 1.29 is 9.84 Å². The number of benzene rings is 1. The topological polar surface area (TPSA) is 41.5 Å². The molecule has 1 aromatic carbocycles. The maximum atomic E-state index is 9.78. The van der Waals surface area contributed by atoms with Gasteiger partial charge < -0.3 is 15.2 Å². The van der Waals surface area contributed by atoms with Crippen molar-refractivity contribution in [2.45, 2.75) is 26.0 Å². The molecular formula is C14H19NO2S. The van der Waals surface area contributed by atoms with Crippen LogP contribution >= 0.6 is 11.3 Å². The van der Waals surface area contributed by atoms with Crippen molar-refractivity contribution in [1.82, 2.24) is 5.32 Å². The normalized spacial score (nSPS) is 13.1. The molecule has 0 bridgehead atoms. The van der Waals surface area contributed by atoms with Gasteiger partial charge in [-0.2, -0.15) is 0 Å². The lowest BCUT2D eigenvalue weighted by Crippen LogP contribution is -2.35. The molecule has 2 aromatic rings. The first-order valence-corrected chi connectivity index (χ1v) is 7.05. The van der Waals surface area contributed by atoms with Gasteiger partial charge in [-0.15, -0.1) is 11.3 Å². The molecule has 0 aliphatic heterocycles. The van der Waals surface area contributed by atoms with Crippen LogP contribution in [0.1, 0.15) is 13.8 Å². The summed E-state index contributed by atoms with van der Waals surface area (Å²) < 4.78 is 6.88. The van der Waals surface area contributed by atoms with Crippen molar-refractivity contribution >= 4 is 21.4 Å². The first-order chi connectivity index (χ1) is 8.66. The van der Waals surface area contributed by atoms with Crippen LogP contribution in [0.5, 0.6) is 5.75 Å². The highest BCUT2D eigenvalue weighted by molar-refractivity contribution is 7.17. The maximum Gasteiger partial charge on any atom is 0.137 e. The van der Waals surface area contributed by atoms with Crippen LogP contribution in [0.15, 0.2) is 29.6 Å². The predicted molar refractivity (Wildman–Crippen MR) is 76.5 cm³/mol. The monoisotopic (exact) mass is 265 g/mol. The fraction of sp³-hybridized carbons (Fsp3) is 0.429. The minimum absolute atomic E-state index is 0.320. The van der Waals surface area contributed by atoms with Crippen molar-refractivity contribution in [3.8, 4) is 5.75 Å². The Hall–Kier alpha value is -1.10. The third kappa shape index (κ3) is 3.45. The van der Waals surface area contributed by atoms with Gasteiger partial charge in [0.2, 0.25) is 0 Å². The highest BCUT2D eigenvalue weighted by Crippen LogP contribution is 2.31. The van der Waals surface area contributed by atoms with E-state index in [9.17, 15) is 5.11 Å². The van der Waals surface area contributed by atoms with Crippen LogP contribution in [0.4, 0.5) is 0 Å². The highest BCUT2D eigenvalue weighted by Gasteiger charge is 2.08. The number of ether oxygens (including phenoxy) is 1. The molecule has 0 spiro atoms. The molecule has 3 nitrogen and oxygen atoms in total. The largest absolute Gasteiger partial charge is 0.489 e. The van der Waals surface area contributed by atoms with Gasteiger partial charge in [0.15, 0.2) is 0 Å². The summed E-state index contributed by atoms with van der Waals surface area (Å²) in [5.41, 5.74) is 0. The molecule has 1 aromatic heterocycles. The van der Waals surface area contributed by atoms with Gasteiger partial charge in [0, 0.05) is 28.1 Å². The van der Waals surface area contributed by atoms with E-state index in [2.05, 4.69) is 25.2 Å². The van der Waals surface area contributed by atoms with Crippen LogP contribution in [0.3, 0.4) is 0 Å². The molecule has 1 atom stereocenters. The number of hydrogen-bond donors (Lipinski definition) is 2. The number of rotatable bonds is 6. The van der Waals surface area contributed by atoms with Gasteiger partial charge in [0.05, 0.1) is 0 Å². The van der Waals surface area contributed by atoms with Crippen LogP contribution in [-0.2, 0) is 0 Å². The summed E-state index contributed by atoms with van der Waals surface area (Å²) in [7, 11) is 0. The van der Waals surface area contributed by atoms with Gasteiger partial charge >= 0.3 is 0 Å². The molecule has 0 aliphatic carbocycles. The summed E-state index contributed by atoms with van der Waals surface area (Å²) >= 11 is 1.66. The molecule has 0 radical (unpaired) electrons. The summed E-state index contributed by atoms with van der Waals surface area (Å²) in [6, 6.07) is 8.51. The first-order valence-electron chi connectivity index (χ1n) is 6.17. The second kappa shape index (κ2) is 6.18. The number of fused-ring (bicyclic) bond motifs is 1. The molecule has 1 unspecified atom stereocenters. The number of thiophene rings is 1. The second-order valence-electron chi connectivity index (χ2n) is 4.62. The summed E-state index contributed by atoms with van der Waals surface area (Å²) in [4.78, 5) is 0. The zero-order valence-electron chi connectivity index (χ0n) is 10.7. The fourth-order valence-corrected chi connectivity index (χ4v) is 2.56. The Kier molecular flexibility index (Phi) is 4.58. The van der Waals surface area contributed by atoms with E-state index in [1.54, 1.807) is 11.3 Å². The maximum absolute atomic E-state index is 9.78. The van der Waals surface area contributed by atoms with Crippen molar-refractivity contribution in [3.63, 3.8) is 0 Å². The highest BCUT2D eigenvalue weighted by atomic mass is 32.1. The minimum atomic E-state index is -0.480. The zero-order chi connectivity index (χ0) is 13.0. The smallest absolute Gasteiger partial charge is 0.137 e. The van der Waals surface area contributed by atoms with E-state index in [-0.39, 0.29) is 0 Å². The lowest BCUT2D eigenvalue weighted by Gasteiger charge is -2.14. The van der Waals surface area contributed by atoms with Crippen molar-refractivity contribution in [3.05, 3.63) is 29.6 Å². The van der Waals surface area contributed by atoms with Crippen LogP contribution in [-0.4, -0.2) is 30.4 Å². The summed E-state index contributed by atoms with van der Waals surface area (Å²) in [6.07, 6.45) is -0.480. The van der Waals surface area contributed by atoms with E-state index in [1.807, 2.05) is 23.6 Å². The number of nitrogens with one attached hydrogen (secondary N) is 1. The zero-order valence-corrected chi connectivity index (χ0v) is 11.5. The van der Waals surface area contributed by atoms with Crippen LogP contribution in [0, 0.1) is 0 Å². The standard InChI is InChI=1S/C14H19NO2S/c1-10(2)15-7-11(16)8-17-13-9-18-14-6-4-3-5-12(13)14/h3-6,9-11,15-16H,7-8H2,1-2H3. The Morgan fingerprint density at radius 1 is 1.33 bits per heavy atom. The first kappa shape index (κ1) is 13.3. The molecule has 0 fully saturated rings. The van der Waals surface area contributed by atoms with Gasteiger partial charge in [-0.25, -0.2) is 0 Å². The Balaban J connectivity index is 1.90. The third-order valence-electron chi connectivity index (χ3n) is 2.64. The predicted octanol–water partition coefficient (Wildman–Crippen LogP) is 2.64. The third-order valence-corrected chi connectivity index (χ3v) is 3.58. The lowest BCUT2D eigenvalue weighted by atomic mass is 10.2. The summed E-state index contributed by atoms with van der Waals surface area (Å²) in [5, 5.41) is 16.1. The lowest BCUT2D eigenvalue weighted by molar-refractivity contribution is 0.105. The molecule has 0 aliphatic rings. The molecule has 18 heavy (non-hydrogen) atoms. The van der Waals surface area contributed by atoms with Gasteiger partial charge in [-0.1, -0.05) is 26.0 Å². The van der Waals surface area contributed by atoms with E-state index >= 15 is 0 Å². The number of hydrogen-bond acceptors (Lipinski definition) is 4. The Bertz CT molecular complexity index is 495. The van der Waals surface area contributed by atoms with Gasteiger partial charge in [0.25, 0.3) is 0 Å². The second-order valence-corrected chi connectivity index (χ2v) is 5.54. The Morgan fingerprint density at radius 2 is 2.11 bits per heavy atom. The van der Waals surface area contributed by atoms with E-state index in [0.717, 1.165) is 11.1 Å². The molecule has 1 heterocycles. The Labute approximate surface area is 111 Å². The SMILES string of the molecule is CC(C)NCC(O)COc1csc2ccccc12. The fourth-order valence-electron chi connectivity index (χ4n) is 1.68. The average Bonchev–Trinajstić information content (AvgIpc) is 2.77.